The van der Waals surface area contributed by atoms with Gasteiger partial charge in [-0.15, -0.1) is 0 Å². The van der Waals surface area contributed by atoms with E-state index in [0.29, 0.717) is 5.69 Å². The summed E-state index contributed by atoms with van der Waals surface area (Å²) in [5, 5.41) is 2.82. The standard InChI is InChI=1S/C13H14N2O2/c1-9-4-2-5-10(8-9)15-11(16)13(6-3-7-13)14-12(15)17/h2,4-5,8H,3,6-7H2,1H3,(H,14,17). The number of carbonyl (C=O) groups is 2. The highest BCUT2D eigenvalue weighted by molar-refractivity contribution is 6.23. The minimum atomic E-state index is -0.596. The molecule has 0 atom stereocenters. The van der Waals surface area contributed by atoms with E-state index in [-0.39, 0.29) is 11.9 Å². The molecule has 88 valence electrons. The van der Waals surface area contributed by atoms with Crippen molar-refractivity contribution in [2.45, 2.75) is 31.7 Å². The van der Waals surface area contributed by atoms with E-state index in [9.17, 15) is 9.59 Å². The first-order chi connectivity index (χ1) is 8.12. The lowest BCUT2D eigenvalue weighted by Crippen LogP contribution is -2.52. The Kier molecular flexibility index (Phi) is 2.02. The van der Waals surface area contributed by atoms with Gasteiger partial charge in [0, 0.05) is 0 Å². The smallest absolute Gasteiger partial charge is 0.323 e. The predicted octanol–water partition coefficient (Wildman–Crippen LogP) is 1.97. The predicted molar refractivity (Wildman–Crippen MR) is 63.8 cm³/mol. The first kappa shape index (κ1) is 10.3. The maximum absolute atomic E-state index is 12.3. The van der Waals surface area contributed by atoms with Gasteiger partial charge in [0.15, 0.2) is 0 Å². The van der Waals surface area contributed by atoms with Gasteiger partial charge < -0.3 is 5.32 Å². The van der Waals surface area contributed by atoms with Crippen molar-refractivity contribution in [3.63, 3.8) is 0 Å². The number of nitrogens with one attached hydrogen (secondary N) is 1. The molecule has 1 aliphatic carbocycles. The minimum Gasteiger partial charge on any atom is -0.323 e. The summed E-state index contributed by atoms with van der Waals surface area (Å²) >= 11 is 0. The van der Waals surface area contributed by atoms with Crippen LogP contribution in [0, 0.1) is 6.92 Å². The highest BCUT2D eigenvalue weighted by atomic mass is 16.2. The van der Waals surface area contributed by atoms with Gasteiger partial charge in [0.1, 0.15) is 5.54 Å². The van der Waals surface area contributed by atoms with Crippen molar-refractivity contribution in [2.24, 2.45) is 0 Å². The molecule has 17 heavy (non-hydrogen) atoms. The molecule has 4 heteroatoms. The molecule has 0 bridgehead atoms. The van der Waals surface area contributed by atoms with E-state index in [1.807, 2.05) is 25.1 Å². The third kappa shape index (κ3) is 1.37. The zero-order valence-corrected chi connectivity index (χ0v) is 9.69. The van der Waals surface area contributed by atoms with Crippen molar-refractivity contribution in [2.75, 3.05) is 4.90 Å². The van der Waals surface area contributed by atoms with Crippen LogP contribution in [-0.4, -0.2) is 17.5 Å². The van der Waals surface area contributed by atoms with Crippen LogP contribution in [-0.2, 0) is 4.79 Å². The number of rotatable bonds is 1. The van der Waals surface area contributed by atoms with Crippen LogP contribution in [0.4, 0.5) is 10.5 Å². The molecule has 4 nitrogen and oxygen atoms in total. The fraction of sp³-hybridized carbons (Fsp3) is 0.385. The van der Waals surface area contributed by atoms with Gasteiger partial charge in [0.25, 0.3) is 5.91 Å². The van der Waals surface area contributed by atoms with Crippen LogP contribution in [0.2, 0.25) is 0 Å². The highest BCUT2D eigenvalue weighted by Crippen LogP contribution is 2.38. The molecule has 1 aromatic carbocycles. The fourth-order valence-electron chi connectivity index (χ4n) is 2.49. The molecule has 1 spiro atoms. The summed E-state index contributed by atoms with van der Waals surface area (Å²) in [5.41, 5.74) is 1.11. The third-order valence-electron chi connectivity index (χ3n) is 3.63. The van der Waals surface area contributed by atoms with Crippen LogP contribution in [0.15, 0.2) is 24.3 Å². The Bertz CT molecular complexity index is 506. The number of aryl methyl sites for hydroxylation is 1. The van der Waals surface area contributed by atoms with Crippen molar-refractivity contribution in [3.05, 3.63) is 29.8 Å². The Morgan fingerprint density at radius 1 is 1.29 bits per heavy atom. The van der Waals surface area contributed by atoms with Crippen LogP contribution < -0.4 is 10.2 Å². The van der Waals surface area contributed by atoms with Gasteiger partial charge in [-0.3, -0.25) is 4.79 Å². The highest BCUT2D eigenvalue weighted by Gasteiger charge is 2.55. The van der Waals surface area contributed by atoms with Gasteiger partial charge in [-0.2, -0.15) is 0 Å². The number of benzene rings is 1. The summed E-state index contributed by atoms with van der Waals surface area (Å²) in [7, 11) is 0. The number of nitrogens with zero attached hydrogens (tertiary/aromatic N) is 1. The first-order valence-electron chi connectivity index (χ1n) is 5.86. The average molecular weight is 230 g/mol. The van der Waals surface area contributed by atoms with Crippen LogP contribution in [0.5, 0.6) is 0 Å². The lowest BCUT2D eigenvalue weighted by atomic mass is 9.77. The maximum atomic E-state index is 12.3. The molecule has 1 aromatic rings. The summed E-state index contributed by atoms with van der Waals surface area (Å²) in [6, 6.07) is 7.16. The monoisotopic (exact) mass is 230 g/mol. The maximum Gasteiger partial charge on any atom is 0.329 e. The van der Waals surface area contributed by atoms with E-state index in [1.54, 1.807) is 6.07 Å². The molecule has 1 heterocycles. The molecular weight excluding hydrogens is 216 g/mol. The van der Waals surface area contributed by atoms with Gasteiger partial charge in [-0.25, -0.2) is 9.69 Å². The quantitative estimate of drug-likeness (QED) is 0.750. The molecule has 2 aliphatic rings. The van der Waals surface area contributed by atoms with E-state index >= 15 is 0 Å². The van der Waals surface area contributed by atoms with Crippen LogP contribution in [0.3, 0.4) is 0 Å². The normalized spacial score (nSPS) is 21.6. The lowest BCUT2D eigenvalue weighted by Gasteiger charge is -2.34. The Balaban J connectivity index is 1.98. The molecule has 0 radical (unpaired) electrons. The minimum absolute atomic E-state index is 0.0978. The topological polar surface area (TPSA) is 49.4 Å². The second-order valence-electron chi connectivity index (χ2n) is 4.85. The van der Waals surface area contributed by atoms with E-state index < -0.39 is 5.54 Å². The molecule has 3 rings (SSSR count). The number of urea groups is 1. The van der Waals surface area contributed by atoms with Crippen molar-refractivity contribution >= 4 is 17.6 Å². The van der Waals surface area contributed by atoms with Gasteiger partial charge in [-0.1, -0.05) is 12.1 Å². The van der Waals surface area contributed by atoms with Gasteiger partial charge in [0.2, 0.25) is 0 Å². The second kappa shape index (κ2) is 3.32. The molecule has 0 unspecified atom stereocenters. The van der Waals surface area contributed by atoms with E-state index in [0.717, 1.165) is 24.8 Å². The van der Waals surface area contributed by atoms with Crippen molar-refractivity contribution in [3.8, 4) is 0 Å². The molecule has 3 amide bonds. The molecule has 1 saturated heterocycles. The van der Waals surface area contributed by atoms with E-state index in [1.165, 1.54) is 4.90 Å². The average Bonchev–Trinajstić information content (AvgIpc) is 2.50. The molecule has 1 N–H and O–H groups in total. The van der Waals surface area contributed by atoms with Crippen LogP contribution in [0.25, 0.3) is 0 Å². The van der Waals surface area contributed by atoms with Gasteiger partial charge >= 0.3 is 6.03 Å². The SMILES string of the molecule is Cc1cccc(N2C(=O)NC3(CCC3)C2=O)c1. The number of hydrogen-bond acceptors (Lipinski definition) is 2. The number of anilines is 1. The molecule has 0 aromatic heterocycles. The summed E-state index contributed by atoms with van der Waals surface area (Å²) in [5.74, 6) is -0.0978. The summed E-state index contributed by atoms with van der Waals surface area (Å²) in [6.07, 6.45) is 2.54. The summed E-state index contributed by atoms with van der Waals surface area (Å²) < 4.78 is 0. The zero-order valence-electron chi connectivity index (χ0n) is 9.69. The second-order valence-corrected chi connectivity index (χ2v) is 4.85. The Morgan fingerprint density at radius 3 is 2.59 bits per heavy atom. The number of carbonyl (C=O) groups excluding carboxylic acids is 2. The third-order valence-corrected chi connectivity index (χ3v) is 3.63. The van der Waals surface area contributed by atoms with Crippen molar-refractivity contribution in [1.82, 2.24) is 5.32 Å². The van der Waals surface area contributed by atoms with Crippen LogP contribution >= 0.6 is 0 Å². The van der Waals surface area contributed by atoms with E-state index in [2.05, 4.69) is 5.32 Å². The molecule has 1 saturated carbocycles. The Morgan fingerprint density at radius 2 is 2.06 bits per heavy atom. The van der Waals surface area contributed by atoms with Gasteiger partial charge in [0.05, 0.1) is 5.69 Å². The summed E-state index contributed by atoms with van der Waals surface area (Å²) in [4.78, 5) is 25.4. The largest absolute Gasteiger partial charge is 0.329 e. The van der Waals surface area contributed by atoms with Crippen LogP contribution in [0.1, 0.15) is 24.8 Å². The fourth-order valence-corrected chi connectivity index (χ4v) is 2.49. The molecule has 2 fully saturated rings. The Labute approximate surface area is 99.6 Å². The number of imide groups is 1. The number of amides is 3. The first-order valence-corrected chi connectivity index (χ1v) is 5.86. The molecule has 1 aliphatic heterocycles. The molecular formula is C13H14N2O2. The van der Waals surface area contributed by atoms with E-state index in [4.69, 9.17) is 0 Å². The Hall–Kier alpha value is -1.84. The summed E-state index contributed by atoms with van der Waals surface area (Å²) in [6.45, 7) is 1.95. The zero-order chi connectivity index (χ0) is 12.0. The van der Waals surface area contributed by atoms with Crippen molar-refractivity contribution in [1.29, 1.82) is 0 Å². The number of hydrogen-bond donors (Lipinski definition) is 1. The van der Waals surface area contributed by atoms with Gasteiger partial charge in [-0.05, 0) is 43.9 Å². The lowest BCUT2D eigenvalue weighted by molar-refractivity contribution is -0.124. The van der Waals surface area contributed by atoms with Crippen molar-refractivity contribution < 1.29 is 9.59 Å².